The third kappa shape index (κ3) is 5.90. The number of hydrogen-bond donors (Lipinski definition) is 2. The van der Waals surface area contributed by atoms with E-state index in [-0.39, 0.29) is 23.5 Å². The maximum absolute atomic E-state index is 13.4. The molecule has 0 aliphatic carbocycles. The maximum Gasteiger partial charge on any atom is 0.309 e. The van der Waals surface area contributed by atoms with Crippen LogP contribution in [-0.2, 0) is 30.8 Å². The first-order chi connectivity index (χ1) is 15.3. The minimum absolute atomic E-state index is 0.0284. The van der Waals surface area contributed by atoms with E-state index in [1.54, 1.807) is 0 Å². The van der Waals surface area contributed by atoms with Crippen LogP contribution in [0.4, 0.5) is 4.39 Å². The van der Waals surface area contributed by atoms with Crippen LogP contribution < -0.4 is 10.6 Å². The summed E-state index contributed by atoms with van der Waals surface area (Å²) in [7, 11) is -3.98. The lowest BCUT2D eigenvalue weighted by molar-refractivity contribution is -0.140. The zero-order chi connectivity index (χ0) is 23.1. The number of amides is 2. The van der Waals surface area contributed by atoms with Gasteiger partial charge in [0.25, 0.3) is 0 Å². The lowest BCUT2D eigenvalue weighted by Gasteiger charge is -2.34. The van der Waals surface area contributed by atoms with Crippen LogP contribution in [-0.4, -0.2) is 57.0 Å². The predicted octanol–water partition coefficient (Wildman–Crippen LogP) is 1.35. The first kappa shape index (κ1) is 23.8. The van der Waals surface area contributed by atoms with Gasteiger partial charge in [0.2, 0.25) is 10.0 Å². The van der Waals surface area contributed by atoms with Crippen LogP contribution in [0.3, 0.4) is 0 Å². The topological polar surface area (TPSA) is 105 Å². The Morgan fingerprint density at radius 2 is 1.84 bits per heavy atom. The van der Waals surface area contributed by atoms with Gasteiger partial charge in [0.05, 0.1) is 18.0 Å². The van der Waals surface area contributed by atoms with Crippen LogP contribution >= 0.6 is 0 Å². The quantitative estimate of drug-likeness (QED) is 0.603. The fourth-order valence-corrected chi connectivity index (χ4v) is 5.21. The number of halogens is 1. The van der Waals surface area contributed by atoms with E-state index in [4.69, 9.17) is 4.74 Å². The first-order valence-electron chi connectivity index (χ1n) is 10.3. The highest BCUT2D eigenvalue weighted by Crippen LogP contribution is 2.25. The Hall–Kier alpha value is -2.82. The molecule has 8 nitrogen and oxygen atoms in total. The molecular formula is C22H26FN3O5S. The lowest BCUT2D eigenvalue weighted by Crippen LogP contribution is -2.53. The fraction of sp³-hybridized carbons (Fsp3) is 0.364. The number of carbonyl (C=O) groups is 2. The molecule has 0 bridgehead atoms. The second kappa shape index (κ2) is 10.7. The van der Waals surface area contributed by atoms with Gasteiger partial charge in [-0.3, -0.25) is 9.59 Å². The van der Waals surface area contributed by atoms with Gasteiger partial charge in [-0.2, -0.15) is 4.31 Å². The Kier molecular flexibility index (Phi) is 7.94. The molecule has 2 amide bonds. The van der Waals surface area contributed by atoms with Crippen molar-refractivity contribution < 1.29 is 27.1 Å². The summed E-state index contributed by atoms with van der Waals surface area (Å²) in [4.78, 5) is 24.2. The van der Waals surface area contributed by atoms with Crippen LogP contribution in [0.25, 0.3) is 0 Å². The molecule has 0 spiro atoms. The highest BCUT2D eigenvalue weighted by Gasteiger charge is 2.35. The lowest BCUT2D eigenvalue weighted by atomic mass is 10.1. The summed E-state index contributed by atoms with van der Waals surface area (Å²) in [6.45, 7) is 2.11. The molecule has 32 heavy (non-hydrogen) atoms. The summed E-state index contributed by atoms with van der Waals surface area (Å²) < 4.78 is 46.3. The van der Waals surface area contributed by atoms with Crippen LogP contribution in [0, 0.1) is 12.7 Å². The summed E-state index contributed by atoms with van der Waals surface area (Å²) >= 11 is 0. The van der Waals surface area contributed by atoms with Gasteiger partial charge in [0.15, 0.2) is 0 Å². The fourth-order valence-electron chi connectivity index (χ4n) is 3.44. The molecule has 2 aromatic rings. The van der Waals surface area contributed by atoms with Crippen molar-refractivity contribution >= 4 is 21.8 Å². The molecule has 2 N–H and O–H groups in total. The average Bonchev–Trinajstić information content (AvgIpc) is 2.78. The first-order valence-corrected chi connectivity index (χ1v) is 11.7. The van der Waals surface area contributed by atoms with Gasteiger partial charge in [-0.25, -0.2) is 12.8 Å². The van der Waals surface area contributed by atoms with Crippen molar-refractivity contribution in [3.8, 4) is 0 Å². The minimum Gasteiger partial charge on any atom is -0.360 e. The van der Waals surface area contributed by atoms with Gasteiger partial charge in [-0.1, -0.05) is 30.3 Å². The summed E-state index contributed by atoms with van der Waals surface area (Å²) in [5.41, 5.74) is 1.30. The van der Waals surface area contributed by atoms with E-state index in [2.05, 4.69) is 10.6 Å². The van der Waals surface area contributed by atoms with Crippen LogP contribution in [0.15, 0.2) is 53.4 Å². The molecule has 1 fully saturated rings. The number of benzene rings is 2. The Morgan fingerprint density at radius 3 is 2.56 bits per heavy atom. The molecule has 1 heterocycles. The van der Waals surface area contributed by atoms with Gasteiger partial charge >= 0.3 is 11.8 Å². The van der Waals surface area contributed by atoms with Crippen molar-refractivity contribution in [3.05, 3.63) is 65.5 Å². The number of rotatable bonds is 7. The minimum atomic E-state index is -3.98. The maximum atomic E-state index is 13.4. The van der Waals surface area contributed by atoms with Gasteiger partial charge in [-0.05, 0) is 49.1 Å². The van der Waals surface area contributed by atoms with Crippen molar-refractivity contribution in [2.75, 3.05) is 26.2 Å². The van der Waals surface area contributed by atoms with Crippen molar-refractivity contribution in [3.63, 3.8) is 0 Å². The van der Waals surface area contributed by atoms with Gasteiger partial charge in [0, 0.05) is 13.1 Å². The van der Waals surface area contributed by atoms with Crippen molar-refractivity contribution in [1.29, 1.82) is 0 Å². The van der Waals surface area contributed by atoms with E-state index in [0.29, 0.717) is 26.0 Å². The highest BCUT2D eigenvalue weighted by molar-refractivity contribution is 7.89. The largest absolute Gasteiger partial charge is 0.360 e. The molecule has 0 aromatic heterocycles. The highest BCUT2D eigenvalue weighted by atomic mass is 32.2. The second-order valence-electron chi connectivity index (χ2n) is 7.41. The summed E-state index contributed by atoms with van der Waals surface area (Å²) in [5.74, 6) is -2.21. The molecule has 0 saturated carbocycles. The SMILES string of the molecule is Cc1cc(F)ccc1S(=O)(=O)N1CCCO[C@H]1CNC(=O)C(=O)NCCc1ccccc1. The predicted molar refractivity (Wildman–Crippen MR) is 116 cm³/mol. The van der Waals surface area contributed by atoms with Gasteiger partial charge in [0.1, 0.15) is 12.0 Å². The van der Waals surface area contributed by atoms with Gasteiger partial charge in [-0.15, -0.1) is 0 Å². The summed E-state index contributed by atoms with van der Waals surface area (Å²) in [6, 6.07) is 13.0. The van der Waals surface area contributed by atoms with Crippen molar-refractivity contribution in [1.82, 2.24) is 14.9 Å². The van der Waals surface area contributed by atoms with Crippen LogP contribution in [0.2, 0.25) is 0 Å². The molecule has 0 unspecified atom stereocenters. The van der Waals surface area contributed by atoms with E-state index >= 15 is 0 Å². The zero-order valence-electron chi connectivity index (χ0n) is 17.7. The number of sulfonamides is 1. The number of hydrogen-bond acceptors (Lipinski definition) is 5. The smallest absolute Gasteiger partial charge is 0.309 e. The molecule has 172 valence electrons. The van der Waals surface area contributed by atoms with Gasteiger partial charge < -0.3 is 15.4 Å². The number of carbonyl (C=O) groups excluding carboxylic acids is 2. The number of nitrogens with zero attached hydrogens (tertiary/aromatic N) is 1. The summed E-state index contributed by atoms with van der Waals surface area (Å²) in [6.07, 6.45) is 0.0812. The summed E-state index contributed by atoms with van der Waals surface area (Å²) in [5, 5.41) is 4.98. The normalized spacial score (nSPS) is 17.0. The molecule has 1 atom stereocenters. The standard InChI is InChI=1S/C22H26FN3O5S/c1-16-14-18(23)8-9-19(16)32(29,30)26-12-5-13-31-20(26)15-25-22(28)21(27)24-11-10-17-6-3-2-4-7-17/h2-4,6-9,14,20H,5,10-13,15H2,1H3,(H,24,27)(H,25,28)/t20-/m0/s1. The Bertz CT molecular complexity index is 1060. The number of aryl methyl sites for hydroxylation is 1. The molecule has 0 radical (unpaired) electrons. The van der Waals surface area contributed by atoms with Crippen LogP contribution in [0.5, 0.6) is 0 Å². The average molecular weight is 464 g/mol. The van der Waals surface area contributed by atoms with Crippen LogP contribution in [0.1, 0.15) is 17.5 Å². The molecular weight excluding hydrogens is 437 g/mol. The number of nitrogens with one attached hydrogen (secondary N) is 2. The van der Waals surface area contributed by atoms with E-state index in [1.807, 2.05) is 30.3 Å². The number of ether oxygens (including phenoxy) is 1. The Morgan fingerprint density at radius 1 is 1.12 bits per heavy atom. The van der Waals surface area contributed by atoms with Crippen molar-refractivity contribution in [2.45, 2.75) is 30.9 Å². The van der Waals surface area contributed by atoms with Crippen molar-refractivity contribution in [2.24, 2.45) is 0 Å². The molecule has 2 aromatic carbocycles. The molecule has 1 aliphatic rings. The second-order valence-corrected chi connectivity index (χ2v) is 9.27. The Labute approximate surface area is 186 Å². The third-order valence-electron chi connectivity index (χ3n) is 5.06. The third-order valence-corrected chi connectivity index (χ3v) is 7.11. The molecule has 1 aliphatic heterocycles. The van der Waals surface area contributed by atoms with E-state index in [1.165, 1.54) is 13.0 Å². The van der Waals surface area contributed by atoms with E-state index < -0.39 is 33.9 Å². The Balaban J connectivity index is 1.57. The monoisotopic (exact) mass is 463 g/mol. The van der Waals surface area contributed by atoms with E-state index in [0.717, 1.165) is 22.0 Å². The molecule has 3 rings (SSSR count). The molecule has 1 saturated heterocycles. The van der Waals surface area contributed by atoms with E-state index in [9.17, 15) is 22.4 Å². The zero-order valence-corrected chi connectivity index (χ0v) is 18.5. The molecule has 10 heteroatoms.